The number of hydrogen-bond acceptors (Lipinski definition) is 8. The first-order valence-corrected chi connectivity index (χ1v) is 36.4. The Morgan fingerprint density at radius 1 is 0.591 bits per heavy atom. The molecule has 510 valence electrons. The smallest absolute Gasteiger partial charge is 0.144 e. The Hall–Kier alpha value is -5.41. The number of nitrogens with one attached hydrogen (secondary N) is 1. The number of rotatable bonds is 0. The van der Waals surface area contributed by atoms with E-state index in [2.05, 4.69) is 205 Å². The summed E-state index contributed by atoms with van der Waals surface area (Å²) in [5.74, 6) is 5.53. The minimum Gasteiger partial charge on any atom is -0.388 e. The molecule has 0 amide bonds. The van der Waals surface area contributed by atoms with E-state index in [1.807, 2.05) is 161 Å². The molecule has 0 fully saturated rings. The molecule has 0 bridgehead atoms. The third-order valence-electron chi connectivity index (χ3n) is 7.83. The van der Waals surface area contributed by atoms with Crippen molar-refractivity contribution in [3.63, 3.8) is 0 Å². The van der Waals surface area contributed by atoms with Gasteiger partial charge in [0, 0.05) is 57.1 Å². The molecule has 0 aliphatic carbocycles. The molecule has 0 saturated heterocycles. The van der Waals surface area contributed by atoms with Gasteiger partial charge in [0.05, 0.1) is 0 Å². The number of nitrogens with zero attached hydrogens (tertiary/aromatic N) is 1. The molecule has 0 saturated carbocycles. The summed E-state index contributed by atoms with van der Waals surface area (Å²) in [6.45, 7) is 55.2. The van der Waals surface area contributed by atoms with Gasteiger partial charge in [0.1, 0.15) is 15.6 Å². The first-order chi connectivity index (χ1) is 41.4. The van der Waals surface area contributed by atoms with Gasteiger partial charge in [-0.3, -0.25) is 4.21 Å². The Bertz CT molecular complexity index is 2470. The summed E-state index contributed by atoms with van der Waals surface area (Å²) >= 11 is 1.75. The van der Waals surface area contributed by atoms with Gasteiger partial charge in [0.25, 0.3) is 0 Å². The van der Waals surface area contributed by atoms with Crippen LogP contribution in [0.3, 0.4) is 0 Å². The first-order valence-electron chi connectivity index (χ1n) is 30.5. The van der Waals surface area contributed by atoms with Gasteiger partial charge in [-0.2, -0.15) is 11.8 Å². The molecule has 0 aliphatic heterocycles. The fourth-order valence-corrected chi connectivity index (χ4v) is 4.16. The van der Waals surface area contributed by atoms with Crippen LogP contribution < -0.4 is 5.32 Å². The third-order valence-corrected chi connectivity index (χ3v) is 7.83. The van der Waals surface area contributed by atoms with Crippen LogP contribution in [0.1, 0.15) is 182 Å². The number of hydrogen-bond donors (Lipinski definition) is 1. The second-order valence-corrected chi connectivity index (χ2v) is 22.7. The normalized spacial score (nSPS) is 8.16. The van der Waals surface area contributed by atoms with Crippen LogP contribution in [0, 0.1) is 32.6 Å². The van der Waals surface area contributed by atoms with Crippen LogP contribution in [0.4, 0.5) is 0 Å². The average Bonchev–Trinajstić information content (AvgIpc) is 3.18. The molecule has 0 aliphatic rings. The van der Waals surface area contributed by atoms with E-state index in [0.717, 1.165) is 12.5 Å². The van der Waals surface area contributed by atoms with Gasteiger partial charge < -0.3 is 19.8 Å². The van der Waals surface area contributed by atoms with E-state index in [1.54, 1.807) is 51.8 Å². The van der Waals surface area contributed by atoms with Crippen LogP contribution in [0.15, 0.2) is 168 Å². The highest BCUT2D eigenvalue weighted by Crippen LogP contribution is 2.27. The molecule has 0 aromatic heterocycles. The maximum absolute atomic E-state index is 9.63. The van der Waals surface area contributed by atoms with Crippen LogP contribution in [0.25, 0.3) is 32.3 Å². The van der Waals surface area contributed by atoms with Crippen molar-refractivity contribution in [3.8, 4) is 11.8 Å². The summed E-state index contributed by atoms with van der Waals surface area (Å²) in [7, 11) is 5.47. The second-order valence-electron chi connectivity index (χ2n) is 18.1. The van der Waals surface area contributed by atoms with Crippen LogP contribution in [-0.2, 0) is 30.2 Å². The fourth-order valence-electron chi connectivity index (χ4n) is 4.16. The maximum Gasteiger partial charge on any atom is 0.144 e. The number of fused-ring (bicyclic) bond motifs is 3. The largest absolute Gasteiger partial charge is 0.388 e. The van der Waals surface area contributed by atoms with Gasteiger partial charge in [0.15, 0.2) is 0 Å². The van der Waals surface area contributed by atoms with Crippen molar-refractivity contribution in [3.05, 3.63) is 180 Å². The molecule has 6 aromatic rings. The van der Waals surface area contributed by atoms with Gasteiger partial charge in [-0.25, -0.2) is 8.42 Å². The Balaban J connectivity index is -0.0000000640. The van der Waals surface area contributed by atoms with E-state index in [4.69, 9.17) is 0 Å². The number of thioether (sulfide) groups is 1. The van der Waals surface area contributed by atoms with Crippen LogP contribution in [0.2, 0.25) is 0 Å². The SMILES string of the molecule is C/C=C\C.C=C(C)C.CC.CC.CC.CC.CC#CC.CC(C)=C(C)C.CC(C)=O.CC=NC.CCC.CNC.COC.CS(C)(=O)=O.CS(C)=O.CSC.Cc1c2ccccc2cc2ccccc12.Cc1cccc2ccccc12.Cc1ccccc1. The van der Waals surface area contributed by atoms with Gasteiger partial charge >= 0.3 is 0 Å². The van der Waals surface area contributed by atoms with E-state index in [1.165, 1.54) is 86.0 Å². The molecular weight excluding hydrogens is 1140 g/mol. The predicted octanol–water partition coefficient (Wildman–Crippen LogP) is 23.6. The molecule has 0 heterocycles. The molecule has 88 heavy (non-hydrogen) atoms. The number of aryl methyl sites for hydroxylation is 3. The lowest BCUT2D eigenvalue weighted by atomic mass is 9.98. The first kappa shape index (κ1) is 114. The summed E-state index contributed by atoms with van der Waals surface area (Å²) in [5.41, 5.74) is 8.07. The number of benzene rings is 6. The summed E-state index contributed by atoms with van der Waals surface area (Å²) in [4.78, 5) is 13.1. The molecule has 6 rings (SSSR count). The van der Waals surface area contributed by atoms with Crippen molar-refractivity contribution in [2.24, 2.45) is 4.99 Å². The lowest BCUT2D eigenvalue weighted by Gasteiger charge is -2.06. The highest BCUT2D eigenvalue weighted by atomic mass is 32.2. The molecule has 6 aromatic carbocycles. The number of aliphatic imine (C=N–C) groups is 1. The van der Waals surface area contributed by atoms with Crippen LogP contribution >= 0.6 is 11.8 Å². The monoisotopic (exact) mass is 1280 g/mol. The summed E-state index contributed by atoms with van der Waals surface area (Å²) < 4.78 is 33.1. The molecule has 1 N–H and O–H groups in total. The molecule has 0 atom stereocenters. The molecular formula is C78H140N2O5S3. The van der Waals surface area contributed by atoms with E-state index in [0.29, 0.717) is 0 Å². The van der Waals surface area contributed by atoms with E-state index >= 15 is 0 Å². The zero-order valence-electron chi connectivity index (χ0n) is 64.0. The average molecular weight is 1280 g/mol. The number of methoxy groups -OCH3 is 1. The Morgan fingerprint density at radius 2 is 0.807 bits per heavy atom. The fraction of sp³-hybridized carbons (Fsp3) is 0.487. The summed E-state index contributed by atoms with van der Waals surface area (Å²) in [6, 6.07) is 44.5. The molecule has 0 radical (unpaired) electrons. The Kier molecular flexibility index (Phi) is 126. The topological polar surface area (TPSA) is 102 Å². The van der Waals surface area contributed by atoms with Crippen molar-refractivity contribution in [1.29, 1.82) is 0 Å². The zero-order chi connectivity index (χ0) is 72.5. The molecule has 10 heteroatoms. The number of ketones is 1. The number of sulfone groups is 1. The van der Waals surface area contributed by atoms with E-state index < -0.39 is 20.6 Å². The molecule has 0 spiro atoms. The van der Waals surface area contributed by atoms with Crippen molar-refractivity contribution in [1.82, 2.24) is 5.32 Å². The van der Waals surface area contributed by atoms with Crippen LogP contribution in [-0.4, -0.2) is 97.5 Å². The highest BCUT2D eigenvalue weighted by Gasteiger charge is 2.01. The summed E-state index contributed by atoms with van der Waals surface area (Å²) in [5, 5.41) is 10.8. The van der Waals surface area contributed by atoms with Gasteiger partial charge in [0.2, 0.25) is 0 Å². The third kappa shape index (κ3) is 122. The number of allylic oxidation sites excluding steroid dienone is 5. The number of carbonyl (C=O) groups is 1. The highest BCUT2D eigenvalue weighted by molar-refractivity contribution is 7.97. The lowest BCUT2D eigenvalue weighted by molar-refractivity contribution is -0.115. The van der Waals surface area contributed by atoms with E-state index in [-0.39, 0.29) is 5.78 Å². The zero-order valence-corrected chi connectivity index (χ0v) is 66.4. The van der Waals surface area contributed by atoms with Gasteiger partial charge in [-0.15, -0.1) is 18.4 Å². The predicted molar refractivity (Wildman–Crippen MR) is 422 cm³/mol. The molecule has 0 unspecified atom stereocenters. The molecule has 7 nitrogen and oxygen atoms in total. The quantitative estimate of drug-likeness (QED) is 0.0699. The van der Waals surface area contributed by atoms with Crippen molar-refractivity contribution < 1.29 is 22.2 Å². The standard InChI is InChI=1S/C15H12.C11H10.C7H8.C6H12.2C4H8.C4H6.C3H7N.C3H6O.C3H8.C2H7N.C2H6O2S.C2H6OS.C2H6O.C2H6S.4C2H6/c1-11-14-8-4-2-6-12(14)10-13-7-3-5-9-15(11)13;1-9-5-4-7-10-6-2-3-8-11(9)10;1-7-5-3-2-4-6-7;1-5(2)6(3)4;1-4(2)3;3*1-3-4-2;1-3(2)4;2*1-3-2;1-5(2,3)4;1-4(2)3;2*1-3-2;4*1-2/h2-10H,1H3;2-8H,1H3;2-6H,1H3;1-4H3;1H2,2-3H3;3-4H,1-2H3;1-2H3;3H,1-2H3;1-2H3;3H2,1-2H3;3H,1-2H3;1-2H3;1-2H3;2*1-2H3;4*1-2H3/b;;;;;4-3-;;;;;;;;;;;;;. The second kappa shape index (κ2) is 97.9. The number of ether oxygens (including phenoxy) is 1. The van der Waals surface area contributed by atoms with Crippen molar-refractivity contribution in [2.45, 2.75) is 186 Å². The Labute approximate surface area is 556 Å². The summed E-state index contributed by atoms with van der Waals surface area (Å²) in [6.07, 6.45) is 16.7. The maximum atomic E-state index is 9.63. The van der Waals surface area contributed by atoms with Gasteiger partial charge in [-0.1, -0.05) is 231 Å². The van der Waals surface area contributed by atoms with Crippen molar-refractivity contribution in [2.75, 3.05) is 72.9 Å². The Morgan fingerprint density at radius 3 is 1.00 bits per heavy atom. The number of carbonyl (C=O) groups excluding carboxylic acids is 1. The van der Waals surface area contributed by atoms with Crippen molar-refractivity contribution >= 4 is 76.7 Å². The van der Waals surface area contributed by atoms with Crippen LogP contribution in [0.5, 0.6) is 0 Å². The lowest BCUT2D eigenvalue weighted by Crippen LogP contribution is -1.89. The number of Topliss-reactive ketones (excluding diaryl/α,β-unsaturated/α-hetero) is 1. The van der Waals surface area contributed by atoms with E-state index in [9.17, 15) is 17.4 Å². The minimum atomic E-state index is -2.67. The minimum absolute atomic E-state index is 0.167. The van der Waals surface area contributed by atoms with Gasteiger partial charge in [-0.05, 0) is 193 Å².